The monoisotopic (exact) mass is 257 g/mol. The van der Waals surface area contributed by atoms with Gasteiger partial charge in [0, 0.05) is 5.56 Å². The van der Waals surface area contributed by atoms with Crippen molar-refractivity contribution >= 4 is 15.9 Å². The van der Waals surface area contributed by atoms with Crippen LogP contribution in [0.3, 0.4) is 0 Å². The molecule has 0 aliphatic carbocycles. The molecular formula is C10H12BrNO2. The summed E-state index contributed by atoms with van der Waals surface area (Å²) in [6, 6.07) is 6.11. The molecule has 0 bridgehead atoms. The van der Waals surface area contributed by atoms with Crippen molar-refractivity contribution in [1.82, 2.24) is 5.48 Å². The molecule has 14 heavy (non-hydrogen) atoms. The van der Waals surface area contributed by atoms with Gasteiger partial charge in [0.15, 0.2) is 0 Å². The average Bonchev–Trinajstić information content (AvgIpc) is 2.47. The van der Waals surface area contributed by atoms with Gasteiger partial charge in [0.1, 0.15) is 11.9 Å². The van der Waals surface area contributed by atoms with Crippen LogP contribution >= 0.6 is 15.9 Å². The van der Waals surface area contributed by atoms with E-state index in [0.717, 1.165) is 15.8 Å². The number of hydroxylamine groups is 1. The highest BCUT2D eigenvalue weighted by atomic mass is 79.9. The van der Waals surface area contributed by atoms with E-state index in [4.69, 9.17) is 9.57 Å². The SMILES string of the molecule is CONC1c2cccc(Br)c2OC1C. The molecule has 0 saturated heterocycles. The highest BCUT2D eigenvalue weighted by Crippen LogP contribution is 2.41. The van der Waals surface area contributed by atoms with Gasteiger partial charge in [0.05, 0.1) is 17.6 Å². The van der Waals surface area contributed by atoms with Crippen molar-refractivity contribution in [3.05, 3.63) is 28.2 Å². The maximum absolute atomic E-state index is 5.71. The number of hydrogen-bond acceptors (Lipinski definition) is 3. The molecule has 1 N–H and O–H groups in total. The summed E-state index contributed by atoms with van der Waals surface area (Å²) in [6.07, 6.45) is 0.0867. The second-order valence-corrected chi connectivity index (χ2v) is 4.14. The van der Waals surface area contributed by atoms with Gasteiger partial charge in [0.2, 0.25) is 0 Å². The van der Waals surface area contributed by atoms with Crippen molar-refractivity contribution < 1.29 is 9.57 Å². The van der Waals surface area contributed by atoms with Gasteiger partial charge in [-0.1, -0.05) is 12.1 Å². The molecule has 0 fully saturated rings. The van der Waals surface area contributed by atoms with Crippen LogP contribution in [0.4, 0.5) is 0 Å². The Morgan fingerprint density at radius 2 is 2.29 bits per heavy atom. The number of halogens is 1. The molecule has 0 radical (unpaired) electrons. The zero-order chi connectivity index (χ0) is 10.1. The number of hydrogen-bond donors (Lipinski definition) is 1. The average molecular weight is 258 g/mol. The molecule has 4 heteroatoms. The van der Waals surface area contributed by atoms with Gasteiger partial charge in [-0.05, 0) is 28.9 Å². The van der Waals surface area contributed by atoms with Gasteiger partial charge in [-0.25, -0.2) is 0 Å². The number of rotatable bonds is 2. The van der Waals surface area contributed by atoms with E-state index >= 15 is 0 Å². The van der Waals surface area contributed by atoms with Crippen LogP contribution in [0.5, 0.6) is 5.75 Å². The van der Waals surface area contributed by atoms with Crippen LogP contribution < -0.4 is 10.2 Å². The van der Waals surface area contributed by atoms with Gasteiger partial charge < -0.3 is 9.57 Å². The molecule has 0 aromatic heterocycles. The number of para-hydroxylation sites is 1. The second-order valence-electron chi connectivity index (χ2n) is 3.28. The minimum atomic E-state index is 0.0867. The van der Waals surface area contributed by atoms with Crippen LogP contribution in [-0.2, 0) is 4.84 Å². The van der Waals surface area contributed by atoms with Gasteiger partial charge >= 0.3 is 0 Å². The van der Waals surface area contributed by atoms with E-state index in [0.29, 0.717) is 0 Å². The Bertz CT molecular complexity index is 343. The molecule has 3 nitrogen and oxygen atoms in total. The van der Waals surface area contributed by atoms with E-state index in [-0.39, 0.29) is 12.1 Å². The van der Waals surface area contributed by atoms with Crippen molar-refractivity contribution in [2.75, 3.05) is 7.11 Å². The lowest BCUT2D eigenvalue weighted by Gasteiger charge is -2.14. The standard InChI is InChI=1S/C10H12BrNO2/c1-6-9(12-13-2)7-4-3-5-8(11)10(7)14-6/h3-6,9,12H,1-2H3. The Hall–Kier alpha value is -0.580. The van der Waals surface area contributed by atoms with Crippen LogP contribution in [0.2, 0.25) is 0 Å². The fraction of sp³-hybridized carbons (Fsp3) is 0.400. The summed E-state index contributed by atoms with van der Waals surface area (Å²) in [6.45, 7) is 2.02. The Labute approximate surface area is 91.5 Å². The molecule has 0 spiro atoms. The van der Waals surface area contributed by atoms with Crippen LogP contribution in [0.25, 0.3) is 0 Å². The third kappa shape index (κ3) is 1.54. The maximum atomic E-state index is 5.71. The molecule has 1 aliphatic rings. The third-order valence-electron chi connectivity index (χ3n) is 2.35. The fourth-order valence-electron chi connectivity index (χ4n) is 1.69. The predicted octanol–water partition coefficient (Wildman–Crippen LogP) is 2.42. The Morgan fingerprint density at radius 1 is 1.50 bits per heavy atom. The molecule has 1 aromatic rings. The molecular weight excluding hydrogens is 246 g/mol. The summed E-state index contributed by atoms with van der Waals surface area (Å²) in [5.74, 6) is 0.912. The summed E-state index contributed by atoms with van der Waals surface area (Å²) < 4.78 is 6.70. The number of fused-ring (bicyclic) bond motifs is 1. The zero-order valence-corrected chi connectivity index (χ0v) is 9.67. The Morgan fingerprint density at radius 3 is 3.00 bits per heavy atom. The first kappa shape index (κ1) is 9.96. The number of ether oxygens (including phenoxy) is 1. The van der Waals surface area contributed by atoms with E-state index in [2.05, 4.69) is 21.4 Å². The minimum Gasteiger partial charge on any atom is -0.487 e. The molecule has 2 unspecified atom stereocenters. The highest BCUT2D eigenvalue weighted by Gasteiger charge is 2.32. The lowest BCUT2D eigenvalue weighted by Crippen LogP contribution is -2.27. The summed E-state index contributed by atoms with van der Waals surface area (Å²) in [4.78, 5) is 4.95. The molecule has 2 atom stereocenters. The Kier molecular flexibility index (Phi) is 2.76. The molecule has 0 amide bonds. The summed E-state index contributed by atoms with van der Waals surface area (Å²) >= 11 is 3.46. The lowest BCUT2D eigenvalue weighted by molar-refractivity contribution is 0.0338. The van der Waals surface area contributed by atoms with Crippen molar-refractivity contribution in [2.24, 2.45) is 0 Å². The Balaban J connectivity index is 2.37. The first-order valence-corrected chi connectivity index (χ1v) is 5.27. The minimum absolute atomic E-state index is 0.0867. The van der Waals surface area contributed by atoms with Crippen molar-refractivity contribution in [1.29, 1.82) is 0 Å². The summed E-state index contributed by atoms with van der Waals surface area (Å²) in [5, 5.41) is 0. The third-order valence-corrected chi connectivity index (χ3v) is 2.97. The van der Waals surface area contributed by atoms with Gasteiger partial charge in [-0.15, -0.1) is 0 Å². The number of nitrogens with one attached hydrogen (secondary N) is 1. The lowest BCUT2D eigenvalue weighted by atomic mass is 10.1. The van der Waals surface area contributed by atoms with Crippen molar-refractivity contribution in [2.45, 2.75) is 19.1 Å². The quantitative estimate of drug-likeness (QED) is 0.826. The van der Waals surface area contributed by atoms with Gasteiger partial charge in [-0.2, -0.15) is 5.48 Å². The van der Waals surface area contributed by atoms with E-state index in [1.54, 1.807) is 7.11 Å². The normalized spacial score (nSPS) is 24.5. The molecule has 1 aliphatic heterocycles. The van der Waals surface area contributed by atoms with Crippen LogP contribution in [0.1, 0.15) is 18.5 Å². The number of benzene rings is 1. The summed E-state index contributed by atoms with van der Waals surface area (Å²) in [5.41, 5.74) is 4.06. The molecule has 0 saturated carbocycles. The summed E-state index contributed by atoms with van der Waals surface area (Å²) in [7, 11) is 1.61. The highest BCUT2D eigenvalue weighted by molar-refractivity contribution is 9.10. The van der Waals surface area contributed by atoms with Gasteiger partial charge in [0.25, 0.3) is 0 Å². The van der Waals surface area contributed by atoms with Crippen LogP contribution in [-0.4, -0.2) is 13.2 Å². The molecule has 1 heterocycles. The fourth-order valence-corrected chi connectivity index (χ4v) is 2.16. The van der Waals surface area contributed by atoms with Crippen molar-refractivity contribution in [3.8, 4) is 5.75 Å². The first-order valence-electron chi connectivity index (χ1n) is 4.47. The second kappa shape index (κ2) is 3.88. The van der Waals surface area contributed by atoms with Crippen LogP contribution in [0, 0.1) is 0 Å². The first-order chi connectivity index (χ1) is 6.74. The largest absolute Gasteiger partial charge is 0.487 e. The predicted molar refractivity (Wildman–Crippen MR) is 57.1 cm³/mol. The van der Waals surface area contributed by atoms with E-state index < -0.39 is 0 Å². The topological polar surface area (TPSA) is 30.5 Å². The van der Waals surface area contributed by atoms with Gasteiger partial charge in [-0.3, -0.25) is 0 Å². The maximum Gasteiger partial charge on any atom is 0.138 e. The van der Waals surface area contributed by atoms with Crippen LogP contribution in [0.15, 0.2) is 22.7 Å². The molecule has 76 valence electrons. The smallest absolute Gasteiger partial charge is 0.138 e. The van der Waals surface area contributed by atoms with E-state index in [9.17, 15) is 0 Å². The zero-order valence-electron chi connectivity index (χ0n) is 8.08. The molecule has 1 aromatic carbocycles. The molecule has 2 rings (SSSR count). The van der Waals surface area contributed by atoms with Crippen molar-refractivity contribution in [3.63, 3.8) is 0 Å². The van der Waals surface area contributed by atoms with E-state index in [1.165, 1.54) is 0 Å². The van der Waals surface area contributed by atoms with E-state index in [1.807, 2.05) is 25.1 Å².